The molecule has 1 fully saturated rings. The highest BCUT2D eigenvalue weighted by Crippen LogP contribution is 2.11. The van der Waals surface area contributed by atoms with Gasteiger partial charge in [0.1, 0.15) is 17.8 Å². The normalized spacial score (nSPS) is 14.7. The van der Waals surface area contributed by atoms with Gasteiger partial charge in [0, 0.05) is 43.8 Å². The molecule has 1 amide bonds. The van der Waals surface area contributed by atoms with E-state index < -0.39 is 0 Å². The van der Waals surface area contributed by atoms with E-state index in [-0.39, 0.29) is 5.91 Å². The Morgan fingerprint density at radius 2 is 2.04 bits per heavy atom. The molecule has 0 spiro atoms. The molecule has 1 aromatic heterocycles. The van der Waals surface area contributed by atoms with Crippen LogP contribution in [0.4, 0.5) is 5.82 Å². The number of carbonyl (C=O) groups excluding carboxylic acids is 1. The van der Waals surface area contributed by atoms with Crippen LogP contribution >= 0.6 is 11.6 Å². The van der Waals surface area contributed by atoms with Gasteiger partial charge in [0.15, 0.2) is 0 Å². The first-order valence-electron chi connectivity index (χ1n) is 9.09. The van der Waals surface area contributed by atoms with Crippen molar-refractivity contribution in [2.45, 2.75) is 6.42 Å². The molecule has 3 rings (SSSR count). The van der Waals surface area contributed by atoms with Crippen molar-refractivity contribution in [1.29, 1.82) is 0 Å². The van der Waals surface area contributed by atoms with Crippen molar-refractivity contribution in [1.82, 2.24) is 20.2 Å². The molecule has 0 atom stereocenters. The van der Waals surface area contributed by atoms with Crippen LogP contribution in [0.5, 0.6) is 0 Å². The van der Waals surface area contributed by atoms with Crippen LogP contribution in [0.2, 0.25) is 5.02 Å². The minimum Gasteiger partial charge on any atom is -0.379 e. The van der Waals surface area contributed by atoms with E-state index in [2.05, 4.69) is 25.5 Å². The first-order valence-corrected chi connectivity index (χ1v) is 9.47. The summed E-state index contributed by atoms with van der Waals surface area (Å²) < 4.78 is 5.32. The van der Waals surface area contributed by atoms with E-state index in [1.165, 1.54) is 6.33 Å². The third-order valence-electron chi connectivity index (χ3n) is 4.33. The fourth-order valence-corrected chi connectivity index (χ4v) is 3.06. The van der Waals surface area contributed by atoms with Crippen LogP contribution in [-0.2, 0) is 11.2 Å². The van der Waals surface area contributed by atoms with Gasteiger partial charge < -0.3 is 15.4 Å². The van der Waals surface area contributed by atoms with E-state index in [0.29, 0.717) is 24.6 Å². The van der Waals surface area contributed by atoms with Crippen molar-refractivity contribution in [3.8, 4) is 0 Å². The number of benzene rings is 1. The van der Waals surface area contributed by atoms with Gasteiger partial charge in [0.2, 0.25) is 0 Å². The summed E-state index contributed by atoms with van der Waals surface area (Å²) >= 11 is 5.99. The first kappa shape index (κ1) is 19.5. The van der Waals surface area contributed by atoms with Crippen LogP contribution in [0, 0.1) is 0 Å². The van der Waals surface area contributed by atoms with Crippen molar-refractivity contribution < 1.29 is 9.53 Å². The highest BCUT2D eigenvalue weighted by atomic mass is 35.5. The van der Waals surface area contributed by atoms with Crippen LogP contribution in [0.1, 0.15) is 16.1 Å². The Hall–Kier alpha value is -2.22. The number of halogens is 1. The van der Waals surface area contributed by atoms with Crippen LogP contribution in [0.25, 0.3) is 0 Å². The van der Waals surface area contributed by atoms with Gasteiger partial charge in [-0.15, -0.1) is 0 Å². The van der Waals surface area contributed by atoms with Gasteiger partial charge in [-0.25, -0.2) is 9.97 Å². The second kappa shape index (κ2) is 10.2. The number of amides is 1. The van der Waals surface area contributed by atoms with Crippen LogP contribution in [0.15, 0.2) is 36.7 Å². The third-order valence-corrected chi connectivity index (χ3v) is 4.56. The van der Waals surface area contributed by atoms with Crippen molar-refractivity contribution in [2.24, 2.45) is 0 Å². The predicted molar refractivity (Wildman–Crippen MR) is 105 cm³/mol. The molecule has 0 aliphatic carbocycles. The van der Waals surface area contributed by atoms with Gasteiger partial charge in [-0.3, -0.25) is 9.69 Å². The fraction of sp³-hybridized carbons (Fsp3) is 0.421. The van der Waals surface area contributed by atoms with Gasteiger partial charge in [0.25, 0.3) is 5.91 Å². The van der Waals surface area contributed by atoms with E-state index in [1.54, 1.807) is 6.07 Å². The maximum atomic E-state index is 12.3. The van der Waals surface area contributed by atoms with Gasteiger partial charge in [0.05, 0.1) is 13.2 Å². The number of nitrogens with one attached hydrogen (secondary N) is 2. The molecule has 2 heterocycles. The number of rotatable bonds is 8. The minimum absolute atomic E-state index is 0.191. The Bertz CT molecular complexity index is 752. The molecule has 144 valence electrons. The van der Waals surface area contributed by atoms with Crippen LogP contribution < -0.4 is 10.6 Å². The van der Waals surface area contributed by atoms with Crippen molar-refractivity contribution in [2.75, 3.05) is 51.3 Å². The highest BCUT2D eigenvalue weighted by Gasteiger charge is 2.12. The summed E-state index contributed by atoms with van der Waals surface area (Å²) in [6.07, 6.45) is 2.21. The SMILES string of the molecule is O=C(NCCN1CCOCC1)c1cc(NCCc2cccc(Cl)c2)ncn1. The summed E-state index contributed by atoms with van der Waals surface area (Å²) in [4.78, 5) is 22.8. The lowest BCUT2D eigenvalue weighted by molar-refractivity contribution is 0.0383. The summed E-state index contributed by atoms with van der Waals surface area (Å²) in [6.45, 7) is 5.41. The Morgan fingerprint density at radius 1 is 1.19 bits per heavy atom. The maximum absolute atomic E-state index is 12.3. The molecule has 0 radical (unpaired) electrons. The molecule has 7 nitrogen and oxygen atoms in total. The Balaban J connectivity index is 1.43. The van der Waals surface area contributed by atoms with Gasteiger partial charge in [-0.2, -0.15) is 0 Å². The second-order valence-electron chi connectivity index (χ2n) is 6.31. The quantitative estimate of drug-likeness (QED) is 0.717. The molecule has 1 aliphatic heterocycles. The molecular weight excluding hydrogens is 366 g/mol. The first-order chi connectivity index (χ1) is 13.2. The molecule has 1 aliphatic rings. The molecule has 2 aromatic rings. The Kier molecular flexibility index (Phi) is 7.38. The van der Waals surface area contributed by atoms with Crippen LogP contribution in [0.3, 0.4) is 0 Å². The lowest BCUT2D eigenvalue weighted by Crippen LogP contribution is -2.41. The molecule has 0 bridgehead atoms. The van der Waals surface area contributed by atoms with E-state index in [1.807, 2.05) is 24.3 Å². The van der Waals surface area contributed by atoms with Crippen molar-refractivity contribution >= 4 is 23.3 Å². The van der Waals surface area contributed by atoms with E-state index in [9.17, 15) is 4.79 Å². The molecule has 8 heteroatoms. The topological polar surface area (TPSA) is 79.4 Å². The van der Waals surface area contributed by atoms with Crippen LogP contribution in [-0.4, -0.2) is 66.7 Å². The molecule has 1 aromatic carbocycles. The number of morpholine rings is 1. The summed E-state index contributed by atoms with van der Waals surface area (Å²) in [5.41, 5.74) is 1.50. The van der Waals surface area contributed by atoms with Gasteiger partial charge in [-0.05, 0) is 24.1 Å². The lowest BCUT2D eigenvalue weighted by Gasteiger charge is -2.26. The monoisotopic (exact) mass is 389 g/mol. The summed E-state index contributed by atoms with van der Waals surface area (Å²) in [5.74, 6) is 0.439. The zero-order valence-electron chi connectivity index (χ0n) is 15.2. The standard InChI is InChI=1S/C19H24ClN5O2/c20-16-3-1-2-15(12-16)4-5-21-18-13-17(23-14-24-18)19(26)22-6-7-25-8-10-27-11-9-25/h1-3,12-14H,4-11H2,(H,22,26)(H,21,23,24). The number of ether oxygens (including phenoxy) is 1. The zero-order chi connectivity index (χ0) is 18.9. The average molecular weight is 390 g/mol. The predicted octanol–water partition coefficient (Wildman–Crippen LogP) is 1.85. The molecule has 0 unspecified atom stereocenters. The number of nitrogens with zero attached hydrogens (tertiary/aromatic N) is 3. The average Bonchev–Trinajstić information content (AvgIpc) is 2.69. The largest absolute Gasteiger partial charge is 0.379 e. The summed E-state index contributed by atoms with van der Waals surface area (Å²) in [7, 11) is 0. The lowest BCUT2D eigenvalue weighted by atomic mass is 10.1. The Morgan fingerprint density at radius 3 is 2.85 bits per heavy atom. The Labute approximate surface area is 164 Å². The van der Waals surface area contributed by atoms with Crippen molar-refractivity contribution in [3.05, 3.63) is 52.9 Å². The zero-order valence-corrected chi connectivity index (χ0v) is 15.9. The van der Waals surface area contributed by atoms with Gasteiger partial charge >= 0.3 is 0 Å². The number of anilines is 1. The minimum atomic E-state index is -0.191. The maximum Gasteiger partial charge on any atom is 0.270 e. The van der Waals surface area contributed by atoms with E-state index >= 15 is 0 Å². The number of aromatic nitrogens is 2. The number of hydrogen-bond donors (Lipinski definition) is 2. The van der Waals surface area contributed by atoms with Gasteiger partial charge in [-0.1, -0.05) is 23.7 Å². The third kappa shape index (κ3) is 6.46. The molecular formula is C19H24ClN5O2. The van der Waals surface area contributed by atoms with E-state index in [0.717, 1.165) is 49.9 Å². The highest BCUT2D eigenvalue weighted by molar-refractivity contribution is 6.30. The van der Waals surface area contributed by atoms with E-state index in [4.69, 9.17) is 16.3 Å². The molecule has 2 N–H and O–H groups in total. The fourth-order valence-electron chi connectivity index (χ4n) is 2.85. The molecule has 27 heavy (non-hydrogen) atoms. The number of carbonyl (C=O) groups is 1. The molecule has 1 saturated heterocycles. The smallest absolute Gasteiger partial charge is 0.270 e. The molecule has 0 saturated carbocycles. The second-order valence-corrected chi connectivity index (χ2v) is 6.74. The number of hydrogen-bond acceptors (Lipinski definition) is 6. The summed E-state index contributed by atoms with van der Waals surface area (Å²) in [6, 6.07) is 9.42. The van der Waals surface area contributed by atoms with Crippen molar-refractivity contribution in [3.63, 3.8) is 0 Å². The summed E-state index contributed by atoms with van der Waals surface area (Å²) in [5, 5.41) is 6.85.